The molecule has 1 amide bonds. The van der Waals surface area contributed by atoms with Crippen LogP contribution in [0.15, 0.2) is 59.5 Å². The maximum atomic E-state index is 13.1. The number of methoxy groups -OCH3 is 1. The van der Waals surface area contributed by atoms with Gasteiger partial charge in [-0.3, -0.25) is 14.5 Å². The number of aliphatic hydroxyl groups excluding tert-OH is 1. The second-order valence-electron chi connectivity index (χ2n) is 7.03. The van der Waals surface area contributed by atoms with Crippen molar-refractivity contribution in [3.63, 3.8) is 0 Å². The first-order valence-electron chi connectivity index (χ1n) is 9.31. The Kier molecular flexibility index (Phi) is 5.47. The number of ketones is 1. The number of carbonyl (C=O) groups excluding carboxylic acids is 2. The zero-order chi connectivity index (χ0) is 22.3. The monoisotopic (exact) mass is 455 g/mol. The van der Waals surface area contributed by atoms with E-state index in [9.17, 15) is 19.8 Å². The number of thiophene rings is 1. The van der Waals surface area contributed by atoms with E-state index in [1.807, 2.05) is 12.3 Å². The molecule has 0 saturated carbocycles. The highest BCUT2D eigenvalue weighted by Gasteiger charge is 2.48. The first kappa shape index (κ1) is 21.0. The Morgan fingerprint density at radius 1 is 1.16 bits per heavy atom. The maximum absolute atomic E-state index is 13.1. The van der Waals surface area contributed by atoms with E-state index in [-0.39, 0.29) is 28.3 Å². The third-order valence-electron chi connectivity index (χ3n) is 5.07. The fourth-order valence-electron chi connectivity index (χ4n) is 3.59. The second-order valence-corrected chi connectivity index (χ2v) is 8.41. The van der Waals surface area contributed by atoms with Gasteiger partial charge in [-0.25, -0.2) is 0 Å². The van der Waals surface area contributed by atoms with E-state index in [2.05, 4.69) is 0 Å². The van der Waals surface area contributed by atoms with Gasteiger partial charge >= 0.3 is 0 Å². The molecule has 158 valence electrons. The van der Waals surface area contributed by atoms with Crippen LogP contribution in [0.1, 0.15) is 22.0 Å². The van der Waals surface area contributed by atoms with Gasteiger partial charge in [0.2, 0.25) is 0 Å². The lowest BCUT2D eigenvalue weighted by Gasteiger charge is -2.25. The van der Waals surface area contributed by atoms with Crippen molar-refractivity contribution in [1.82, 2.24) is 0 Å². The van der Waals surface area contributed by atoms with Crippen LogP contribution in [-0.4, -0.2) is 29.0 Å². The van der Waals surface area contributed by atoms with E-state index in [0.29, 0.717) is 15.6 Å². The number of nitrogens with zero attached hydrogens (tertiary/aromatic N) is 1. The van der Waals surface area contributed by atoms with Crippen LogP contribution in [0, 0.1) is 6.92 Å². The predicted molar refractivity (Wildman–Crippen MR) is 120 cm³/mol. The van der Waals surface area contributed by atoms with Crippen molar-refractivity contribution in [1.29, 1.82) is 0 Å². The number of hydrogen-bond donors (Lipinski definition) is 2. The first-order valence-corrected chi connectivity index (χ1v) is 10.6. The Morgan fingerprint density at radius 2 is 1.94 bits per heavy atom. The minimum atomic E-state index is -0.894. The SMILES string of the molecule is COc1cc(/C(O)=C2/C(=O)C(=O)N(c3cc(C)ccc3O)C2c2cccs2)ccc1Cl. The van der Waals surface area contributed by atoms with Gasteiger partial charge in [0.25, 0.3) is 11.7 Å². The smallest absolute Gasteiger partial charge is 0.300 e. The Balaban J connectivity index is 1.95. The highest BCUT2D eigenvalue weighted by molar-refractivity contribution is 7.10. The molecule has 8 heteroatoms. The lowest BCUT2D eigenvalue weighted by atomic mass is 9.99. The molecule has 2 heterocycles. The number of aromatic hydroxyl groups is 1. The molecule has 1 atom stereocenters. The Hall–Kier alpha value is -3.29. The molecule has 6 nitrogen and oxygen atoms in total. The van der Waals surface area contributed by atoms with Crippen LogP contribution in [0.3, 0.4) is 0 Å². The molecule has 0 aliphatic carbocycles. The molecule has 2 aromatic carbocycles. The Labute approximate surface area is 187 Å². The van der Waals surface area contributed by atoms with Crippen molar-refractivity contribution < 1.29 is 24.5 Å². The number of rotatable bonds is 4. The van der Waals surface area contributed by atoms with Crippen molar-refractivity contribution in [2.24, 2.45) is 0 Å². The molecule has 0 spiro atoms. The summed E-state index contributed by atoms with van der Waals surface area (Å²) in [6.07, 6.45) is 0. The van der Waals surface area contributed by atoms with Gasteiger partial charge in [0.05, 0.1) is 23.4 Å². The molecule has 1 unspecified atom stereocenters. The number of benzene rings is 2. The third-order valence-corrected chi connectivity index (χ3v) is 6.31. The number of amides is 1. The average molecular weight is 456 g/mol. The number of ether oxygens (including phenoxy) is 1. The summed E-state index contributed by atoms with van der Waals surface area (Å²) in [4.78, 5) is 28.1. The van der Waals surface area contributed by atoms with Crippen LogP contribution in [0.4, 0.5) is 5.69 Å². The summed E-state index contributed by atoms with van der Waals surface area (Å²) >= 11 is 7.42. The molecular formula is C23H18ClNO5S. The fraction of sp³-hybridized carbons (Fsp3) is 0.130. The topological polar surface area (TPSA) is 87.1 Å². The van der Waals surface area contributed by atoms with Crippen molar-refractivity contribution in [3.8, 4) is 11.5 Å². The van der Waals surface area contributed by atoms with Gasteiger partial charge in [0.1, 0.15) is 23.3 Å². The Morgan fingerprint density at radius 3 is 2.61 bits per heavy atom. The van der Waals surface area contributed by atoms with Gasteiger partial charge in [-0.1, -0.05) is 23.7 Å². The van der Waals surface area contributed by atoms with Crippen LogP contribution in [-0.2, 0) is 9.59 Å². The quantitative estimate of drug-likeness (QED) is 0.326. The zero-order valence-corrected chi connectivity index (χ0v) is 18.2. The lowest BCUT2D eigenvalue weighted by Crippen LogP contribution is -2.29. The van der Waals surface area contributed by atoms with E-state index < -0.39 is 17.7 Å². The zero-order valence-electron chi connectivity index (χ0n) is 16.6. The minimum absolute atomic E-state index is 0.0715. The van der Waals surface area contributed by atoms with Gasteiger partial charge in [0.15, 0.2) is 0 Å². The minimum Gasteiger partial charge on any atom is -0.507 e. The molecule has 1 aliphatic rings. The summed E-state index contributed by atoms with van der Waals surface area (Å²) in [5, 5.41) is 23.7. The summed E-state index contributed by atoms with van der Waals surface area (Å²) in [5.41, 5.74) is 1.22. The molecule has 1 aliphatic heterocycles. The number of aryl methyl sites for hydroxylation is 1. The summed E-state index contributed by atoms with van der Waals surface area (Å²) in [6, 6.07) is 12.1. The van der Waals surface area contributed by atoms with Gasteiger partial charge in [-0.2, -0.15) is 0 Å². The van der Waals surface area contributed by atoms with Gasteiger partial charge in [-0.05, 0) is 54.3 Å². The van der Waals surface area contributed by atoms with Crippen LogP contribution >= 0.6 is 22.9 Å². The highest BCUT2D eigenvalue weighted by Crippen LogP contribution is 2.46. The van der Waals surface area contributed by atoms with Crippen molar-refractivity contribution in [3.05, 3.63) is 80.5 Å². The molecule has 1 fully saturated rings. The molecule has 0 radical (unpaired) electrons. The molecular weight excluding hydrogens is 438 g/mol. The van der Waals surface area contributed by atoms with Crippen molar-refractivity contribution in [2.45, 2.75) is 13.0 Å². The van der Waals surface area contributed by atoms with E-state index >= 15 is 0 Å². The third kappa shape index (κ3) is 3.56. The number of aliphatic hydroxyl groups is 1. The van der Waals surface area contributed by atoms with Gasteiger partial charge in [-0.15, -0.1) is 11.3 Å². The highest BCUT2D eigenvalue weighted by atomic mass is 35.5. The predicted octanol–water partition coefficient (Wildman–Crippen LogP) is 5.05. The standard InChI is InChI=1S/C23H18ClNO5S/c1-12-5-8-16(26)15(10-12)25-20(18-4-3-9-31-18)19(22(28)23(25)29)21(27)13-6-7-14(24)17(11-13)30-2/h3-11,20,26-27H,1-2H3/b21-19-. The number of carbonyl (C=O) groups is 2. The number of phenolic OH excluding ortho intramolecular Hbond substituents is 1. The fourth-order valence-corrected chi connectivity index (χ4v) is 4.60. The molecule has 1 aromatic heterocycles. The van der Waals surface area contributed by atoms with E-state index in [1.54, 1.807) is 30.3 Å². The van der Waals surface area contributed by atoms with E-state index in [0.717, 1.165) is 5.56 Å². The van der Waals surface area contributed by atoms with Crippen LogP contribution in [0.25, 0.3) is 5.76 Å². The van der Waals surface area contributed by atoms with Crippen molar-refractivity contribution >= 4 is 46.1 Å². The normalized spacial score (nSPS) is 17.9. The van der Waals surface area contributed by atoms with Gasteiger partial charge < -0.3 is 14.9 Å². The molecule has 1 saturated heterocycles. The average Bonchev–Trinajstić information content (AvgIpc) is 3.37. The molecule has 3 aromatic rings. The summed E-state index contributed by atoms with van der Waals surface area (Å²) < 4.78 is 5.21. The molecule has 2 N–H and O–H groups in total. The number of hydrogen-bond acceptors (Lipinski definition) is 6. The summed E-state index contributed by atoms with van der Waals surface area (Å²) in [5.74, 6) is -1.83. The largest absolute Gasteiger partial charge is 0.507 e. The van der Waals surface area contributed by atoms with Gasteiger partial charge in [0, 0.05) is 10.4 Å². The van der Waals surface area contributed by atoms with Crippen LogP contribution < -0.4 is 9.64 Å². The number of Topliss-reactive ketones (excluding diaryl/α,β-unsaturated/α-hetero) is 1. The number of anilines is 1. The number of phenols is 1. The van der Waals surface area contributed by atoms with Crippen LogP contribution in [0.2, 0.25) is 5.02 Å². The Bertz CT molecular complexity index is 1220. The van der Waals surface area contributed by atoms with Crippen LogP contribution in [0.5, 0.6) is 11.5 Å². The molecule has 31 heavy (non-hydrogen) atoms. The maximum Gasteiger partial charge on any atom is 0.300 e. The summed E-state index contributed by atoms with van der Waals surface area (Å²) in [6.45, 7) is 1.82. The lowest BCUT2D eigenvalue weighted by molar-refractivity contribution is -0.132. The first-order chi connectivity index (χ1) is 14.8. The molecule has 4 rings (SSSR count). The summed E-state index contributed by atoms with van der Waals surface area (Å²) in [7, 11) is 1.44. The van der Waals surface area contributed by atoms with Crippen molar-refractivity contribution in [2.75, 3.05) is 12.0 Å². The second kappa shape index (κ2) is 8.09. The van der Waals surface area contributed by atoms with E-state index in [4.69, 9.17) is 16.3 Å². The molecule has 0 bridgehead atoms. The van der Waals surface area contributed by atoms with E-state index in [1.165, 1.54) is 41.5 Å². The number of halogens is 1.